The molecule has 4 rings (SSSR count). The second kappa shape index (κ2) is 10.4. The zero-order valence-electron chi connectivity index (χ0n) is 19.5. The maximum absolute atomic E-state index is 15.2. The number of carbonyl (C=O) groups excluding carboxylic acids is 1. The van der Waals surface area contributed by atoms with Crippen LogP contribution in [0.3, 0.4) is 0 Å². The predicted molar refractivity (Wildman–Crippen MR) is 132 cm³/mol. The molecule has 1 aliphatic heterocycles. The first-order valence-corrected chi connectivity index (χ1v) is 11.5. The van der Waals surface area contributed by atoms with Gasteiger partial charge in [0.05, 0.1) is 16.8 Å². The van der Waals surface area contributed by atoms with Gasteiger partial charge in [-0.05, 0) is 62.3 Å². The molecule has 1 fully saturated rings. The zero-order valence-corrected chi connectivity index (χ0v) is 19.5. The number of carbonyl (C=O) groups is 1. The number of likely N-dealkylation sites (N-methyl/N-ethyl adjacent to an activating group) is 1. The molecule has 0 saturated carbocycles. The molecule has 3 aromatic rings. The van der Waals surface area contributed by atoms with E-state index in [1.165, 1.54) is 6.07 Å². The summed E-state index contributed by atoms with van der Waals surface area (Å²) in [5, 5.41) is 0. The van der Waals surface area contributed by atoms with E-state index in [-0.39, 0.29) is 11.5 Å². The van der Waals surface area contributed by atoms with Crippen molar-refractivity contribution in [2.45, 2.75) is 19.8 Å². The Hall–Kier alpha value is -3.76. The molecule has 1 amide bonds. The van der Waals surface area contributed by atoms with Gasteiger partial charge < -0.3 is 15.5 Å². The summed E-state index contributed by atoms with van der Waals surface area (Å²) in [5.74, 6) is 5.93. The molecule has 6 nitrogen and oxygen atoms in total. The minimum Gasteiger partial charge on any atom is -0.384 e. The fourth-order valence-corrected chi connectivity index (χ4v) is 4.04. The van der Waals surface area contributed by atoms with E-state index in [2.05, 4.69) is 26.7 Å². The largest absolute Gasteiger partial charge is 0.384 e. The van der Waals surface area contributed by atoms with Crippen LogP contribution in [0.2, 0.25) is 0 Å². The first-order valence-electron chi connectivity index (χ1n) is 11.5. The third kappa shape index (κ3) is 5.24. The van der Waals surface area contributed by atoms with Crippen LogP contribution >= 0.6 is 0 Å². The van der Waals surface area contributed by atoms with E-state index in [1.807, 2.05) is 20.0 Å². The fraction of sp³-hybridized carbons (Fsp3) is 0.296. The molecule has 34 heavy (non-hydrogen) atoms. The van der Waals surface area contributed by atoms with Gasteiger partial charge in [-0.25, -0.2) is 9.37 Å². The monoisotopic (exact) mass is 457 g/mol. The number of anilines is 1. The first-order chi connectivity index (χ1) is 16.5. The molecule has 0 unspecified atom stereocenters. The van der Waals surface area contributed by atoms with Crippen LogP contribution in [0.4, 0.5) is 10.2 Å². The number of halogens is 1. The summed E-state index contributed by atoms with van der Waals surface area (Å²) >= 11 is 0. The van der Waals surface area contributed by atoms with Crippen molar-refractivity contribution >= 4 is 11.7 Å². The molecular formula is C27H28FN5O. The fourth-order valence-electron chi connectivity index (χ4n) is 4.04. The smallest absolute Gasteiger partial charge is 0.256 e. The van der Waals surface area contributed by atoms with Gasteiger partial charge in [-0.3, -0.25) is 9.78 Å². The number of pyridine rings is 2. The normalized spacial score (nSPS) is 14.3. The number of nitrogens with zero attached hydrogens (tertiary/aromatic N) is 4. The Kier molecular flexibility index (Phi) is 7.19. The van der Waals surface area contributed by atoms with E-state index in [0.717, 1.165) is 41.9 Å². The molecule has 0 spiro atoms. The molecule has 0 radical (unpaired) electrons. The molecule has 0 bridgehead atoms. The third-order valence-electron chi connectivity index (χ3n) is 6.00. The quantitative estimate of drug-likeness (QED) is 0.609. The Bertz CT molecular complexity index is 1250. The molecule has 2 N–H and O–H groups in total. The number of rotatable bonds is 3. The van der Waals surface area contributed by atoms with Crippen LogP contribution in [0.5, 0.6) is 0 Å². The van der Waals surface area contributed by atoms with Crippen molar-refractivity contribution in [3.63, 3.8) is 0 Å². The van der Waals surface area contributed by atoms with Gasteiger partial charge in [-0.1, -0.05) is 24.8 Å². The molecular weight excluding hydrogens is 429 g/mol. The Morgan fingerprint density at radius 2 is 1.94 bits per heavy atom. The Labute approximate surface area is 199 Å². The molecule has 7 heteroatoms. The van der Waals surface area contributed by atoms with E-state index in [0.29, 0.717) is 30.9 Å². The standard InChI is InChI=1S/C27H28FN5O/c1-3-25-22(8-5-19-6-10-26(29)31-18-19)21(11-12-30-25)20-7-9-23(24(28)17-20)27(34)33-14-4-13-32(2)15-16-33/h6-7,9-12,17-18H,3-4,13-16H2,1-2H3,(H2,29,31). The molecule has 1 aliphatic rings. The average Bonchev–Trinajstić information content (AvgIpc) is 3.07. The lowest BCUT2D eigenvalue weighted by atomic mass is 9.96. The van der Waals surface area contributed by atoms with Gasteiger partial charge in [-0.15, -0.1) is 0 Å². The van der Waals surface area contributed by atoms with Crippen molar-refractivity contribution in [3.05, 3.63) is 77.0 Å². The number of aromatic nitrogens is 2. The number of amides is 1. The molecule has 2 aromatic heterocycles. The molecule has 3 heterocycles. The number of nitrogen functional groups attached to an aromatic ring is 1. The summed E-state index contributed by atoms with van der Waals surface area (Å²) in [4.78, 5) is 25.5. The van der Waals surface area contributed by atoms with Gasteiger partial charge in [0.25, 0.3) is 5.91 Å². The van der Waals surface area contributed by atoms with Gasteiger partial charge in [0.2, 0.25) is 0 Å². The predicted octanol–water partition coefficient (Wildman–Crippen LogP) is 3.60. The summed E-state index contributed by atoms with van der Waals surface area (Å²) in [5.41, 5.74) is 9.46. The zero-order chi connectivity index (χ0) is 24.1. The van der Waals surface area contributed by atoms with Crippen molar-refractivity contribution in [3.8, 4) is 23.0 Å². The summed E-state index contributed by atoms with van der Waals surface area (Å²) in [6.45, 7) is 4.95. The second-order valence-electron chi connectivity index (χ2n) is 8.40. The highest BCUT2D eigenvalue weighted by Crippen LogP contribution is 2.27. The first kappa shape index (κ1) is 23.4. The number of aryl methyl sites for hydroxylation is 1. The lowest BCUT2D eigenvalue weighted by molar-refractivity contribution is 0.0758. The summed E-state index contributed by atoms with van der Waals surface area (Å²) in [6, 6.07) is 10.1. The highest BCUT2D eigenvalue weighted by Gasteiger charge is 2.22. The van der Waals surface area contributed by atoms with Crippen LogP contribution < -0.4 is 5.73 Å². The number of nitrogens with two attached hydrogens (primary N) is 1. The molecule has 0 aliphatic carbocycles. The SMILES string of the molecule is CCc1nccc(-c2ccc(C(=O)N3CCCN(C)CC3)c(F)c2)c1C#Cc1ccc(N)nc1. The van der Waals surface area contributed by atoms with Crippen molar-refractivity contribution in [2.24, 2.45) is 0 Å². The van der Waals surface area contributed by atoms with Gasteiger partial charge in [0.15, 0.2) is 0 Å². The maximum atomic E-state index is 15.2. The van der Waals surface area contributed by atoms with E-state index in [4.69, 9.17) is 5.73 Å². The Morgan fingerprint density at radius 3 is 2.68 bits per heavy atom. The van der Waals surface area contributed by atoms with Crippen molar-refractivity contribution in [2.75, 3.05) is 39.0 Å². The van der Waals surface area contributed by atoms with E-state index in [9.17, 15) is 4.79 Å². The van der Waals surface area contributed by atoms with Gasteiger partial charge in [0.1, 0.15) is 11.6 Å². The maximum Gasteiger partial charge on any atom is 0.256 e. The third-order valence-corrected chi connectivity index (χ3v) is 6.00. The number of hydrogen-bond acceptors (Lipinski definition) is 5. The second-order valence-corrected chi connectivity index (χ2v) is 8.40. The van der Waals surface area contributed by atoms with Crippen LogP contribution in [0.1, 0.15) is 40.5 Å². The van der Waals surface area contributed by atoms with E-state index in [1.54, 1.807) is 41.6 Å². The van der Waals surface area contributed by atoms with E-state index >= 15 is 4.39 Å². The Balaban J connectivity index is 1.67. The average molecular weight is 458 g/mol. The van der Waals surface area contributed by atoms with Gasteiger partial charge in [-0.2, -0.15) is 0 Å². The lowest BCUT2D eigenvalue weighted by Crippen LogP contribution is -2.35. The van der Waals surface area contributed by atoms with Crippen LogP contribution in [0.25, 0.3) is 11.1 Å². The highest BCUT2D eigenvalue weighted by molar-refractivity contribution is 5.95. The topological polar surface area (TPSA) is 75.4 Å². The minimum absolute atomic E-state index is 0.0960. The summed E-state index contributed by atoms with van der Waals surface area (Å²) in [6.07, 6.45) is 4.88. The molecule has 174 valence electrons. The minimum atomic E-state index is -0.531. The van der Waals surface area contributed by atoms with Crippen molar-refractivity contribution in [1.29, 1.82) is 0 Å². The summed E-state index contributed by atoms with van der Waals surface area (Å²) < 4.78 is 15.2. The highest BCUT2D eigenvalue weighted by atomic mass is 19.1. The molecule has 1 saturated heterocycles. The Morgan fingerprint density at radius 1 is 1.09 bits per heavy atom. The van der Waals surface area contributed by atoms with Crippen molar-refractivity contribution in [1.82, 2.24) is 19.8 Å². The van der Waals surface area contributed by atoms with E-state index < -0.39 is 5.82 Å². The number of benzene rings is 1. The van der Waals surface area contributed by atoms with Gasteiger partial charge >= 0.3 is 0 Å². The summed E-state index contributed by atoms with van der Waals surface area (Å²) in [7, 11) is 2.03. The van der Waals surface area contributed by atoms with Crippen LogP contribution in [0, 0.1) is 17.7 Å². The number of hydrogen-bond donors (Lipinski definition) is 1. The van der Waals surface area contributed by atoms with Crippen LogP contribution in [0.15, 0.2) is 48.8 Å². The molecule has 0 atom stereocenters. The van der Waals surface area contributed by atoms with Crippen LogP contribution in [-0.4, -0.2) is 58.9 Å². The lowest BCUT2D eigenvalue weighted by Gasteiger charge is -2.21. The van der Waals surface area contributed by atoms with Crippen molar-refractivity contribution < 1.29 is 9.18 Å². The van der Waals surface area contributed by atoms with Crippen LogP contribution in [-0.2, 0) is 6.42 Å². The van der Waals surface area contributed by atoms with Gasteiger partial charge in [0, 0.05) is 43.2 Å². The molecule has 1 aromatic carbocycles.